The fourth-order valence-corrected chi connectivity index (χ4v) is 17.7. The second-order valence-electron chi connectivity index (χ2n) is 34.0. The van der Waals surface area contributed by atoms with Crippen LogP contribution in [0.4, 0.5) is 56.9 Å². The van der Waals surface area contributed by atoms with Gasteiger partial charge in [-0.05, 0) is 160 Å². The predicted octanol–water partition coefficient (Wildman–Crippen LogP) is 28.0. The Hall–Kier alpha value is -17.9. The van der Waals surface area contributed by atoms with Gasteiger partial charge < -0.3 is 99.8 Å². The number of aromatic amines is 2. The van der Waals surface area contributed by atoms with E-state index >= 15 is 0 Å². The number of hydrogen-bond acceptors (Lipinski definition) is 18. The van der Waals surface area contributed by atoms with E-state index in [2.05, 4.69) is 181 Å². The molecule has 22 N–H and O–H groups in total. The number of nitrogens with zero attached hydrogens (tertiary/aromatic N) is 1. The fourth-order valence-electron chi connectivity index (χ4n) is 17.7. The average Bonchev–Trinajstić information content (AvgIpc) is 0.814. The normalized spacial score (nSPS) is 12.6. The Morgan fingerprint density at radius 2 is 0.537 bits per heavy atom. The Kier molecular flexibility index (Phi) is 25.7. The summed E-state index contributed by atoms with van der Waals surface area (Å²) >= 11 is 0. The number of ether oxygens (including phenoxy) is 5. The van der Waals surface area contributed by atoms with Crippen molar-refractivity contribution in [2.24, 2.45) is 0 Å². The maximum atomic E-state index is 6.54. The number of anilines is 10. The number of H-pyrrole nitrogens is 2. The minimum absolute atomic E-state index is 0.0187. The quantitative estimate of drug-likeness (QED) is 0.0715. The van der Waals surface area contributed by atoms with E-state index in [9.17, 15) is 0 Å². The predicted molar refractivity (Wildman–Crippen MR) is 556 cm³/mol. The third kappa shape index (κ3) is 19.7. The molecule has 0 saturated heterocycles. The molecular formula is C116H103N13O7. The first-order valence-corrected chi connectivity index (χ1v) is 44.8. The molecule has 136 heavy (non-hydrogen) atoms. The Labute approximate surface area is 787 Å². The molecule has 674 valence electrons. The zero-order chi connectivity index (χ0) is 94.0. The van der Waals surface area contributed by atoms with Crippen LogP contribution in [0.1, 0.15) is 118 Å². The van der Waals surface area contributed by atoms with Crippen molar-refractivity contribution in [2.75, 3.05) is 57.3 Å². The van der Waals surface area contributed by atoms with Gasteiger partial charge in [-0.3, -0.25) is 0 Å². The summed E-state index contributed by atoms with van der Waals surface area (Å²) in [7, 11) is 0. The van der Waals surface area contributed by atoms with Gasteiger partial charge in [-0.2, -0.15) is 0 Å². The van der Waals surface area contributed by atoms with Crippen molar-refractivity contribution in [3.8, 4) is 68.6 Å². The number of benzene rings is 17. The van der Waals surface area contributed by atoms with Crippen molar-refractivity contribution in [1.29, 1.82) is 0 Å². The van der Waals surface area contributed by atoms with Crippen LogP contribution in [0.15, 0.2) is 398 Å². The van der Waals surface area contributed by atoms with Crippen molar-refractivity contribution >= 4 is 111 Å². The van der Waals surface area contributed by atoms with E-state index in [0.717, 1.165) is 157 Å². The molecule has 0 unspecified atom stereocenters. The van der Waals surface area contributed by atoms with Crippen LogP contribution in [-0.4, -0.2) is 15.0 Å². The van der Waals surface area contributed by atoms with Gasteiger partial charge in [0.15, 0.2) is 0 Å². The summed E-state index contributed by atoms with van der Waals surface area (Å²) in [6.07, 6.45) is 11.8. The van der Waals surface area contributed by atoms with Crippen LogP contribution in [0.2, 0.25) is 0 Å². The molecule has 5 aliphatic rings. The molecule has 17 aromatic carbocycles. The maximum absolute atomic E-state index is 6.54. The summed E-state index contributed by atoms with van der Waals surface area (Å²) in [6, 6.07) is 115. The first kappa shape index (κ1) is 88.7. The monoisotopic (exact) mass is 1790 g/mol. The Balaban J connectivity index is 0.000000108. The van der Waals surface area contributed by atoms with E-state index in [-0.39, 0.29) is 5.92 Å². The van der Waals surface area contributed by atoms with Crippen LogP contribution in [0, 0.1) is 0 Å². The molecule has 26 rings (SSSR count). The lowest BCUT2D eigenvalue weighted by molar-refractivity contribution is 0.450. The number of nitrogen functional groups attached to an aromatic ring is 10. The van der Waals surface area contributed by atoms with Crippen LogP contribution >= 0.6 is 0 Å². The van der Waals surface area contributed by atoms with Gasteiger partial charge in [0.2, 0.25) is 0 Å². The highest BCUT2D eigenvalue weighted by atomic mass is 16.5. The van der Waals surface area contributed by atoms with Crippen LogP contribution in [-0.2, 0) is 0 Å². The van der Waals surface area contributed by atoms with Gasteiger partial charge in [-0.1, -0.05) is 204 Å². The Morgan fingerprint density at radius 1 is 0.243 bits per heavy atom. The highest BCUT2D eigenvalue weighted by Gasteiger charge is 2.32. The topological polar surface area (TPSA) is 377 Å². The van der Waals surface area contributed by atoms with Gasteiger partial charge >= 0.3 is 0 Å². The van der Waals surface area contributed by atoms with Crippen molar-refractivity contribution in [2.45, 2.75) is 57.3 Å². The van der Waals surface area contributed by atoms with Crippen molar-refractivity contribution in [3.05, 3.63) is 451 Å². The molecule has 0 radical (unpaired) electrons. The third-order valence-electron chi connectivity index (χ3n) is 24.7. The smallest absolute Gasteiger partial charge is 0.133 e. The lowest BCUT2D eigenvalue weighted by atomic mass is 9.80. The lowest BCUT2D eigenvalue weighted by Crippen LogP contribution is -2.12. The first-order valence-electron chi connectivity index (χ1n) is 44.8. The average molecular weight is 1790 g/mol. The second kappa shape index (κ2) is 39.4. The molecular weight excluding hydrogens is 1690 g/mol. The molecule has 0 aliphatic carbocycles. The van der Waals surface area contributed by atoms with E-state index in [1.807, 2.05) is 212 Å². The minimum atomic E-state index is 0.0187. The number of hydrogen-bond donors (Lipinski definition) is 12. The molecule has 4 aromatic heterocycles. The maximum Gasteiger partial charge on any atom is 0.133 e. The highest BCUT2D eigenvalue weighted by molar-refractivity contribution is 6.07. The molecule has 20 nitrogen and oxygen atoms in total. The summed E-state index contributed by atoms with van der Waals surface area (Å²) in [5.74, 6) is 9.62. The van der Waals surface area contributed by atoms with Gasteiger partial charge in [0.05, 0.1) is 31.4 Å². The molecule has 0 fully saturated rings. The summed E-state index contributed by atoms with van der Waals surface area (Å²) in [4.78, 5) is 9.79. The summed E-state index contributed by atoms with van der Waals surface area (Å²) < 4.78 is 39.5. The number of furan rings is 2. The van der Waals surface area contributed by atoms with E-state index in [0.29, 0.717) is 69.2 Å². The van der Waals surface area contributed by atoms with E-state index in [1.54, 1.807) is 43.8 Å². The summed E-state index contributed by atoms with van der Waals surface area (Å²) in [5.41, 5.74) is 83.3. The summed E-state index contributed by atoms with van der Waals surface area (Å²) in [6.45, 7) is 8.64. The van der Waals surface area contributed by atoms with Crippen molar-refractivity contribution < 1.29 is 32.5 Å². The number of imidazole rings is 1. The van der Waals surface area contributed by atoms with E-state index in [1.165, 1.54) is 38.5 Å². The van der Waals surface area contributed by atoms with E-state index < -0.39 is 0 Å². The molecule has 0 amide bonds. The number of fused-ring (bicyclic) bond motifs is 16. The first-order chi connectivity index (χ1) is 66.1. The molecule has 0 spiro atoms. The van der Waals surface area contributed by atoms with Crippen LogP contribution in [0.25, 0.3) is 65.3 Å². The molecule has 9 heterocycles. The van der Waals surface area contributed by atoms with E-state index in [4.69, 9.17) is 85.4 Å². The standard InChI is InChI=1S/C33H24N2O.4C14H14N2O.C12H9N.C8H6O.C4H4O.C3H4N2/c34-27-12-10-23-18-31-29(16-25(23)14-27)33(22-8-6-21(7-9-22)20-4-2-1-3-5-20)30-17-26-15-28(35)13-11-24(26)19-32(30)36-31;4*1-8-11-4-2-9(15)6-13(11)17-14-7-10(16)3-5-12(8)14;1-3-7-11-9(5-1)10-6-2-4-8-12(10)13-11;1-2-4-8-6-9-5-7(8)3-1;1-2-4-5-3-1;1-2-5-3-4-1/h1-19,33H,34-35H2;4*2-8H,15-16H2,1H3;1-8,13H;1-6H;1-4H;1-3H,(H,4,5). The zero-order valence-corrected chi connectivity index (χ0v) is 75.4. The number of aromatic nitrogens is 3. The fraction of sp³-hybridized carbons (Fsp3) is 0.0776. The largest absolute Gasteiger partial charge is 0.473 e. The molecule has 0 atom stereocenters. The molecule has 20 heteroatoms. The Morgan fingerprint density at radius 3 is 0.838 bits per heavy atom. The number of rotatable bonds is 2. The van der Waals surface area contributed by atoms with Gasteiger partial charge in [0.25, 0.3) is 0 Å². The number of nitrogens with two attached hydrogens (primary N) is 10. The third-order valence-corrected chi connectivity index (χ3v) is 24.7. The lowest BCUT2D eigenvalue weighted by Gasteiger charge is -2.30. The van der Waals surface area contributed by atoms with Gasteiger partial charge in [0.1, 0.15) is 57.5 Å². The van der Waals surface area contributed by atoms with Gasteiger partial charge in [-0.25, -0.2) is 4.98 Å². The summed E-state index contributed by atoms with van der Waals surface area (Å²) in [5, 5.41) is 9.37. The molecule has 0 bridgehead atoms. The van der Waals surface area contributed by atoms with Gasteiger partial charge in [0, 0.05) is 236 Å². The molecule has 0 saturated carbocycles. The number of para-hydroxylation sites is 2. The highest BCUT2D eigenvalue weighted by Crippen LogP contribution is 2.53. The Bertz CT molecular complexity index is 6970. The minimum Gasteiger partial charge on any atom is -0.473 e. The number of nitrogens with one attached hydrogen (secondary N) is 2. The van der Waals surface area contributed by atoms with Crippen molar-refractivity contribution in [3.63, 3.8) is 0 Å². The van der Waals surface area contributed by atoms with Crippen molar-refractivity contribution in [1.82, 2.24) is 15.0 Å². The van der Waals surface area contributed by atoms with Crippen LogP contribution in [0.3, 0.4) is 0 Å². The SMILES string of the molecule is CC1c2ccc(N)cc2Oc2cc(N)ccc21.CC1c2ccc(N)cc2Oc2cc(N)ccc21.CC1c2ccc(N)cc2Oc2cc(N)ccc21.CC1c2ccc(N)cc2Oc2cc(N)ccc21.Nc1ccc2cc3c(cc2c1)C(c1ccc(-c2ccccc2)cc1)c1cc2cc(N)ccc2cc1O3.c1c[nH]cn1.c1ccc2c(c1)[nH]c1ccccc12.c1ccc2cocc2c1.c1ccoc1. The molecule has 21 aromatic rings. The van der Waals surface area contributed by atoms with Crippen LogP contribution < -0.4 is 81.0 Å². The second-order valence-corrected chi connectivity index (χ2v) is 34.0. The molecule has 5 aliphatic heterocycles. The van der Waals surface area contributed by atoms with Gasteiger partial charge in [-0.15, -0.1) is 0 Å². The van der Waals surface area contributed by atoms with Crippen LogP contribution in [0.5, 0.6) is 57.5 Å². The zero-order valence-electron chi connectivity index (χ0n) is 75.4.